The van der Waals surface area contributed by atoms with Crippen molar-refractivity contribution in [1.29, 1.82) is 5.26 Å². The van der Waals surface area contributed by atoms with E-state index >= 15 is 0 Å². The topological polar surface area (TPSA) is 120 Å². The monoisotopic (exact) mass is 614 g/mol. The third-order valence-electron chi connectivity index (χ3n) is 7.88. The number of nitrogens with zero attached hydrogens (tertiary/aromatic N) is 4. The first-order valence-corrected chi connectivity index (χ1v) is 15.5. The van der Waals surface area contributed by atoms with Crippen molar-refractivity contribution < 1.29 is 31.1 Å². The number of ether oxygens (including phenoxy) is 2. The van der Waals surface area contributed by atoms with Crippen LogP contribution in [0.2, 0.25) is 0 Å². The lowest BCUT2D eigenvalue weighted by molar-refractivity contribution is -0.286. The van der Waals surface area contributed by atoms with Gasteiger partial charge >= 0.3 is 6.29 Å². The molecule has 44 heavy (non-hydrogen) atoms. The Bertz CT molecular complexity index is 2140. The molecule has 2 aliphatic rings. The van der Waals surface area contributed by atoms with Crippen LogP contribution in [0.3, 0.4) is 0 Å². The van der Waals surface area contributed by atoms with Crippen LogP contribution in [0, 0.1) is 18.3 Å². The summed E-state index contributed by atoms with van der Waals surface area (Å²) in [5.74, 6) is 0.463. The molecule has 222 valence electrons. The van der Waals surface area contributed by atoms with Gasteiger partial charge in [0, 0.05) is 36.9 Å². The molecule has 3 heterocycles. The molecule has 0 unspecified atom stereocenters. The molecule has 0 atom stereocenters. The average molecular weight is 615 g/mol. The lowest BCUT2D eigenvalue weighted by Gasteiger charge is -2.13. The number of sulfone groups is 1. The van der Waals surface area contributed by atoms with Gasteiger partial charge in [-0.2, -0.15) is 10.4 Å². The molecule has 3 aromatic carbocycles. The summed E-state index contributed by atoms with van der Waals surface area (Å²) in [6.45, 7) is 1.68. The van der Waals surface area contributed by atoms with Crippen molar-refractivity contribution in [2.45, 2.75) is 36.4 Å². The zero-order valence-corrected chi connectivity index (χ0v) is 24.6. The van der Waals surface area contributed by atoms with E-state index in [1.807, 2.05) is 30.3 Å². The van der Waals surface area contributed by atoms with Crippen molar-refractivity contribution in [1.82, 2.24) is 14.8 Å². The molecule has 7 rings (SSSR count). The molecule has 0 radical (unpaired) electrons. The highest BCUT2D eigenvalue weighted by Crippen LogP contribution is 2.49. The van der Waals surface area contributed by atoms with Gasteiger partial charge in [0.25, 0.3) is 0 Å². The van der Waals surface area contributed by atoms with Gasteiger partial charge in [-0.15, -0.1) is 8.78 Å². The highest BCUT2D eigenvalue weighted by Gasteiger charge is 2.47. The smallest absolute Gasteiger partial charge is 0.440 e. The molecule has 5 aromatic rings. The Balaban J connectivity index is 1.43. The average Bonchev–Trinajstić information content (AvgIpc) is 3.38. The van der Waals surface area contributed by atoms with Crippen molar-refractivity contribution in [2.75, 3.05) is 6.26 Å². The van der Waals surface area contributed by atoms with E-state index < -0.39 is 21.5 Å². The van der Waals surface area contributed by atoms with Gasteiger partial charge in [-0.3, -0.25) is 4.68 Å². The third-order valence-corrected chi connectivity index (χ3v) is 8.99. The Hall–Kier alpha value is -5.02. The number of aromatic nitrogens is 3. The summed E-state index contributed by atoms with van der Waals surface area (Å²) in [5.41, 5.74) is 4.32. The molecule has 0 spiro atoms. The summed E-state index contributed by atoms with van der Waals surface area (Å²) in [5, 5.41) is 14.5. The fraction of sp³-hybridized carbons (Fsp3) is 0.219. The van der Waals surface area contributed by atoms with E-state index in [1.54, 1.807) is 36.9 Å². The predicted molar refractivity (Wildman–Crippen MR) is 156 cm³/mol. The fourth-order valence-electron chi connectivity index (χ4n) is 5.45. The molecule has 1 aliphatic heterocycles. The number of benzene rings is 3. The summed E-state index contributed by atoms with van der Waals surface area (Å²) in [6, 6.07) is 20.9. The van der Waals surface area contributed by atoms with Crippen LogP contribution in [0.25, 0.3) is 45.0 Å². The standard InChI is InChI=1S/C32H24F2N4O5S/c1-18-36-29(21-8-10-26-27(15-21)43-32(33,34)42-26)30(41-18)24-14-20(19-5-4-6-22(13-19)44(3,39)40)7-9-23(24)25-16-28(37-38(25)2)31(17-35)11-12-31/h4-10,13-16H,11-12H2,1-3H3. The van der Waals surface area contributed by atoms with E-state index in [0.29, 0.717) is 50.9 Å². The van der Waals surface area contributed by atoms with Crippen molar-refractivity contribution in [3.63, 3.8) is 0 Å². The Morgan fingerprint density at radius 3 is 2.39 bits per heavy atom. The number of hydrogen-bond donors (Lipinski definition) is 0. The maximum Gasteiger partial charge on any atom is 0.586 e. The van der Waals surface area contributed by atoms with Crippen molar-refractivity contribution >= 4 is 9.84 Å². The zero-order valence-electron chi connectivity index (χ0n) is 23.8. The van der Waals surface area contributed by atoms with Crippen molar-refractivity contribution in [3.05, 3.63) is 78.3 Å². The maximum atomic E-state index is 13.8. The van der Waals surface area contributed by atoms with Crippen LogP contribution in [-0.4, -0.2) is 35.7 Å². The second-order valence-electron chi connectivity index (χ2n) is 11.0. The van der Waals surface area contributed by atoms with Crippen LogP contribution in [0.4, 0.5) is 8.78 Å². The van der Waals surface area contributed by atoms with E-state index in [0.717, 1.165) is 24.8 Å². The molecule has 1 fully saturated rings. The van der Waals surface area contributed by atoms with Gasteiger partial charge in [-0.1, -0.05) is 24.3 Å². The van der Waals surface area contributed by atoms with Crippen molar-refractivity contribution in [2.24, 2.45) is 7.05 Å². The zero-order chi connectivity index (χ0) is 31.0. The quantitative estimate of drug-likeness (QED) is 0.208. The first-order chi connectivity index (χ1) is 20.9. The normalized spacial score (nSPS) is 16.1. The van der Waals surface area contributed by atoms with E-state index in [-0.39, 0.29) is 16.4 Å². The van der Waals surface area contributed by atoms with E-state index in [1.165, 1.54) is 18.2 Å². The highest BCUT2D eigenvalue weighted by atomic mass is 32.2. The summed E-state index contributed by atoms with van der Waals surface area (Å²) in [6.07, 6.45) is -1.15. The van der Waals surface area contributed by atoms with Crippen LogP contribution in [-0.2, 0) is 22.3 Å². The molecule has 0 bridgehead atoms. The molecule has 0 saturated heterocycles. The van der Waals surface area contributed by atoms with Gasteiger partial charge in [0.1, 0.15) is 11.1 Å². The van der Waals surface area contributed by atoms with Gasteiger partial charge in [0.15, 0.2) is 33.0 Å². The minimum absolute atomic E-state index is 0.0946. The molecular weight excluding hydrogens is 590 g/mol. The number of aryl methyl sites for hydroxylation is 2. The van der Waals surface area contributed by atoms with Gasteiger partial charge < -0.3 is 13.9 Å². The summed E-state index contributed by atoms with van der Waals surface area (Å²) in [7, 11) is -1.66. The van der Waals surface area contributed by atoms with Crippen molar-refractivity contribution in [3.8, 4) is 62.5 Å². The first kappa shape index (κ1) is 27.8. The largest absolute Gasteiger partial charge is 0.586 e. The van der Waals surface area contributed by atoms with Gasteiger partial charge in [-0.05, 0) is 66.4 Å². The second-order valence-corrected chi connectivity index (χ2v) is 13.0. The minimum Gasteiger partial charge on any atom is -0.440 e. The van der Waals surface area contributed by atoms with Crippen LogP contribution >= 0.6 is 0 Å². The number of oxazole rings is 1. The Labute approximate surface area is 251 Å². The maximum absolute atomic E-state index is 13.8. The first-order valence-electron chi connectivity index (χ1n) is 13.6. The highest BCUT2D eigenvalue weighted by molar-refractivity contribution is 7.90. The van der Waals surface area contributed by atoms with E-state index in [2.05, 4.69) is 25.6 Å². The molecule has 12 heteroatoms. The second kappa shape index (κ2) is 9.49. The summed E-state index contributed by atoms with van der Waals surface area (Å²) in [4.78, 5) is 4.77. The number of fused-ring (bicyclic) bond motifs is 1. The van der Waals surface area contributed by atoms with Gasteiger partial charge in [-0.25, -0.2) is 13.4 Å². The van der Waals surface area contributed by atoms with Gasteiger partial charge in [0.05, 0.1) is 22.4 Å². The van der Waals surface area contributed by atoms with Crippen LogP contribution in [0.1, 0.15) is 24.4 Å². The summed E-state index contributed by atoms with van der Waals surface area (Å²) >= 11 is 0. The summed E-state index contributed by atoms with van der Waals surface area (Å²) < 4.78 is 69.3. The predicted octanol–water partition coefficient (Wildman–Crippen LogP) is 6.66. The SMILES string of the molecule is Cc1nc(-c2ccc3c(c2)OC(F)(F)O3)c(-c2cc(-c3cccc(S(C)(=O)=O)c3)ccc2-c2cc(C3(C#N)CC3)nn2C)o1. The Morgan fingerprint density at radius 1 is 0.932 bits per heavy atom. The van der Waals surface area contributed by atoms with Gasteiger partial charge in [0.2, 0.25) is 0 Å². The number of alkyl halides is 2. The third kappa shape index (κ3) is 4.69. The molecule has 1 saturated carbocycles. The van der Waals surface area contributed by atoms with Crippen LogP contribution in [0.15, 0.2) is 76.0 Å². The molecule has 2 aromatic heterocycles. The lowest BCUT2D eigenvalue weighted by Crippen LogP contribution is -2.25. The molecule has 0 N–H and O–H groups in total. The minimum atomic E-state index is -3.77. The Kier molecular flexibility index (Phi) is 5.99. The number of hydrogen-bond acceptors (Lipinski definition) is 8. The molecule has 1 aliphatic carbocycles. The molecule has 9 nitrogen and oxygen atoms in total. The number of rotatable bonds is 6. The molecule has 0 amide bonds. The number of halogens is 2. The van der Waals surface area contributed by atoms with Crippen LogP contribution in [0.5, 0.6) is 11.5 Å². The van der Waals surface area contributed by atoms with E-state index in [4.69, 9.17) is 4.42 Å². The van der Waals surface area contributed by atoms with E-state index in [9.17, 15) is 22.5 Å². The fourth-order valence-corrected chi connectivity index (χ4v) is 6.11. The lowest BCUT2D eigenvalue weighted by atomic mass is 9.93. The number of nitriles is 1. The molecular formula is C32H24F2N4O5S. The Morgan fingerprint density at radius 2 is 1.66 bits per heavy atom. The van der Waals surface area contributed by atoms with Crippen LogP contribution < -0.4 is 9.47 Å².